The van der Waals surface area contributed by atoms with E-state index in [1.54, 1.807) is 11.8 Å². The van der Waals surface area contributed by atoms with Crippen molar-refractivity contribution in [2.75, 3.05) is 0 Å². The van der Waals surface area contributed by atoms with Crippen molar-refractivity contribution in [1.29, 1.82) is 0 Å². The summed E-state index contributed by atoms with van der Waals surface area (Å²) in [5.41, 5.74) is 3.92. The van der Waals surface area contributed by atoms with Gasteiger partial charge in [-0.2, -0.15) is 0 Å². The SMILES string of the molecule is Cc1ccc(CC(=O)N(Cc2cccc(C)c2)C(C)C(=O)NC(C)(C)C)cc1. The van der Waals surface area contributed by atoms with E-state index in [4.69, 9.17) is 0 Å². The van der Waals surface area contributed by atoms with Crippen LogP contribution in [0.2, 0.25) is 0 Å². The number of rotatable bonds is 6. The molecular weight excluding hydrogens is 348 g/mol. The van der Waals surface area contributed by atoms with E-state index in [-0.39, 0.29) is 23.8 Å². The second-order valence-electron chi connectivity index (χ2n) is 8.59. The van der Waals surface area contributed by atoms with E-state index in [0.717, 1.165) is 22.3 Å². The van der Waals surface area contributed by atoms with E-state index in [1.165, 1.54) is 0 Å². The number of hydrogen-bond donors (Lipinski definition) is 1. The summed E-state index contributed by atoms with van der Waals surface area (Å²) in [4.78, 5) is 27.6. The standard InChI is InChI=1S/C24H32N2O2/c1-17-10-12-20(13-11-17)15-22(27)26(16-21-9-7-8-18(2)14-21)19(3)23(28)25-24(4,5)6/h7-14,19H,15-16H2,1-6H3,(H,25,28). The Labute approximate surface area is 169 Å². The summed E-state index contributed by atoms with van der Waals surface area (Å²) in [6, 6.07) is 15.4. The van der Waals surface area contributed by atoms with Gasteiger partial charge in [0.05, 0.1) is 6.42 Å². The molecule has 0 spiro atoms. The van der Waals surface area contributed by atoms with Crippen molar-refractivity contribution in [3.63, 3.8) is 0 Å². The van der Waals surface area contributed by atoms with E-state index >= 15 is 0 Å². The van der Waals surface area contributed by atoms with Crippen LogP contribution >= 0.6 is 0 Å². The fraction of sp³-hybridized carbons (Fsp3) is 0.417. The van der Waals surface area contributed by atoms with Crippen molar-refractivity contribution in [1.82, 2.24) is 10.2 Å². The number of carbonyl (C=O) groups excluding carboxylic acids is 2. The topological polar surface area (TPSA) is 49.4 Å². The Morgan fingerprint density at radius 2 is 1.61 bits per heavy atom. The Balaban J connectivity index is 2.24. The molecule has 1 atom stereocenters. The third kappa shape index (κ3) is 6.52. The molecule has 0 saturated carbocycles. The minimum atomic E-state index is -0.558. The number of nitrogens with zero attached hydrogens (tertiary/aromatic N) is 1. The van der Waals surface area contributed by atoms with Crippen LogP contribution in [0.1, 0.15) is 49.9 Å². The Morgan fingerprint density at radius 3 is 2.18 bits per heavy atom. The lowest BCUT2D eigenvalue weighted by atomic mass is 10.1. The second-order valence-corrected chi connectivity index (χ2v) is 8.59. The summed E-state index contributed by atoms with van der Waals surface area (Å²) < 4.78 is 0. The number of benzene rings is 2. The van der Waals surface area contributed by atoms with Crippen LogP contribution in [0, 0.1) is 13.8 Å². The summed E-state index contributed by atoms with van der Waals surface area (Å²) in [6.45, 7) is 12.1. The molecule has 2 rings (SSSR count). The lowest BCUT2D eigenvalue weighted by molar-refractivity contribution is -0.140. The Morgan fingerprint density at radius 1 is 0.964 bits per heavy atom. The third-order valence-electron chi connectivity index (χ3n) is 4.58. The number of hydrogen-bond acceptors (Lipinski definition) is 2. The fourth-order valence-electron chi connectivity index (χ4n) is 3.05. The van der Waals surface area contributed by atoms with Gasteiger partial charge in [-0.3, -0.25) is 9.59 Å². The molecule has 28 heavy (non-hydrogen) atoms. The van der Waals surface area contributed by atoms with Gasteiger partial charge in [0, 0.05) is 12.1 Å². The molecule has 1 N–H and O–H groups in total. The fourth-order valence-corrected chi connectivity index (χ4v) is 3.05. The molecule has 0 heterocycles. The van der Waals surface area contributed by atoms with Crippen molar-refractivity contribution < 1.29 is 9.59 Å². The van der Waals surface area contributed by atoms with Gasteiger partial charge in [0.1, 0.15) is 6.04 Å². The third-order valence-corrected chi connectivity index (χ3v) is 4.58. The quantitative estimate of drug-likeness (QED) is 0.817. The van der Waals surface area contributed by atoms with Gasteiger partial charge in [-0.15, -0.1) is 0 Å². The predicted octanol–water partition coefficient (Wildman–Crippen LogP) is 4.18. The molecule has 0 bridgehead atoms. The molecule has 150 valence electrons. The normalized spacial score (nSPS) is 12.4. The zero-order valence-electron chi connectivity index (χ0n) is 17.9. The molecule has 0 aliphatic heterocycles. The van der Waals surface area contributed by atoms with Gasteiger partial charge < -0.3 is 10.2 Å². The highest BCUT2D eigenvalue weighted by atomic mass is 16.2. The maximum atomic E-state index is 13.1. The number of aryl methyl sites for hydroxylation is 2. The summed E-state index contributed by atoms with van der Waals surface area (Å²) in [5.74, 6) is -0.195. The van der Waals surface area contributed by atoms with Gasteiger partial charge >= 0.3 is 0 Å². The first-order chi connectivity index (χ1) is 13.0. The van der Waals surface area contributed by atoms with Crippen LogP contribution in [0.15, 0.2) is 48.5 Å². The molecular formula is C24H32N2O2. The Kier molecular flexibility index (Phi) is 7.00. The van der Waals surface area contributed by atoms with Crippen molar-refractivity contribution >= 4 is 11.8 Å². The molecule has 2 aromatic rings. The molecule has 0 fully saturated rings. The number of amides is 2. The molecule has 4 heteroatoms. The monoisotopic (exact) mass is 380 g/mol. The van der Waals surface area contributed by atoms with E-state index in [9.17, 15) is 9.59 Å². The highest BCUT2D eigenvalue weighted by molar-refractivity contribution is 5.88. The molecule has 0 aromatic heterocycles. The zero-order valence-corrected chi connectivity index (χ0v) is 17.9. The highest BCUT2D eigenvalue weighted by Gasteiger charge is 2.28. The number of nitrogens with one attached hydrogen (secondary N) is 1. The van der Waals surface area contributed by atoms with E-state index in [2.05, 4.69) is 11.4 Å². The van der Waals surface area contributed by atoms with Gasteiger partial charge in [0.25, 0.3) is 0 Å². The number of carbonyl (C=O) groups is 2. The van der Waals surface area contributed by atoms with Crippen LogP contribution in [0.4, 0.5) is 0 Å². The van der Waals surface area contributed by atoms with Gasteiger partial charge in [0.15, 0.2) is 0 Å². The Bertz CT molecular complexity index is 819. The Hall–Kier alpha value is -2.62. The molecule has 0 saturated heterocycles. The van der Waals surface area contributed by atoms with Gasteiger partial charge in [-0.05, 0) is 52.7 Å². The van der Waals surface area contributed by atoms with Crippen molar-refractivity contribution in [3.8, 4) is 0 Å². The predicted molar refractivity (Wildman–Crippen MR) is 114 cm³/mol. The molecule has 0 aliphatic rings. The average molecular weight is 381 g/mol. The molecule has 0 aliphatic carbocycles. The van der Waals surface area contributed by atoms with Crippen LogP contribution in [-0.2, 0) is 22.6 Å². The average Bonchev–Trinajstić information content (AvgIpc) is 2.59. The summed E-state index contributed by atoms with van der Waals surface area (Å²) in [5, 5.41) is 2.99. The molecule has 0 radical (unpaired) electrons. The maximum absolute atomic E-state index is 13.1. The van der Waals surface area contributed by atoms with E-state index < -0.39 is 6.04 Å². The van der Waals surface area contributed by atoms with E-state index in [0.29, 0.717) is 6.54 Å². The first-order valence-electron chi connectivity index (χ1n) is 9.78. The lowest BCUT2D eigenvalue weighted by Gasteiger charge is -2.31. The van der Waals surface area contributed by atoms with Gasteiger partial charge in [-0.1, -0.05) is 59.7 Å². The van der Waals surface area contributed by atoms with Crippen molar-refractivity contribution in [2.45, 2.75) is 66.1 Å². The second kappa shape index (κ2) is 9.05. The van der Waals surface area contributed by atoms with Crippen LogP contribution in [-0.4, -0.2) is 28.3 Å². The molecule has 2 aromatic carbocycles. The van der Waals surface area contributed by atoms with Crippen LogP contribution in [0.5, 0.6) is 0 Å². The maximum Gasteiger partial charge on any atom is 0.242 e. The highest BCUT2D eigenvalue weighted by Crippen LogP contribution is 2.15. The largest absolute Gasteiger partial charge is 0.350 e. The lowest BCUT2D eigenvalue weighted by Crippen LogP contribution is -2.52. The smallest absolute Gasteiger partial charge is 0.242 e. The van der Waals surface area contributed by atoms with Crippen molar-refractivity contribution in [3.05, 3.63) is 70.8 Å². The molecule has 1 unspecified atom stereocenters. The first kappa shape index (κ1) is 21.7. The first-order valence-corrected chi connectivity index (χ1v) is 9.78. The minimum Gasteiger partial charge on any atom is -0.350 e. The summed E-state index contributed by atoms with van der Waals surface area (Å²) >= 11 is 0. The van der Waals surface area contributed by atoms with Gasteiger partial charge in [-0.25, -0.2) is 0 Å². The van der Waals surface area contributed by atoms with Crippen LogP contribution in [0.3, 0.4) is 0 Å². The van der Waals surface area contributed by atoms with Crippen molar-refractivity contribution in [2.24, 2.45) is 0 Å². The van der Waals surface area contributed by atoms with Crippen LogP contribution in [0.25, 0.3) is 0 Å². The minimum absolute atomic E-state index is 0.0538. The summed E-state index contributed by atoms with van der Waals surface area (Å²) in [7, 11) is 0. The van der Waals surface area contributed by atoms with Crippen LogP contribution < -0.4 is 5.32 Å². The van der Waals surface area contributed by atoms with Gasteiger partial charge in [0.2, 0.25) is 11.8 Å². The summed E-state index contributed by atoms with van der Waals surface area (Å²) in [6.07, 6.45) is 0.277. The molecule has 4 nitrogen and oxygen atoms in total. The zero-order chi connectivity index (χ0) is 20.9. The van der Waals surface area contributed by atoms with E-state index in [1.807, 2.05) is 77.1 Å². The molecule has 2 amide bonds.